The molecule has 46 heavy (non-hydrogen) atoms. The van der Waals surface area contributed by atoms with Crippen LogP contribution >= 0.6 is 15.9 Å². The van der Waals surface area contributed by atoms with Gasteiger partial charge in [0, 0.05) is 28.2 Å². The van der Waals surface area contributed by atoms with E-state index < -0.39 is 34.8 Å². The van der Waals surface area contributed by atoms with Crippen LogP contribution in [0, 0.1) is 11.8 Å². The second-order valence-electron chi connectivity index (χ2n) is 15.1. The molecule has 1 aliphatic carbocycles. The largest absolute Gasteiger partial charge is 0.456 e. The first-order valence-electron chi connectivity index (χ1n) is 16.1. The summed E-state index contributed by atoms with van der Waals surface area (Å²) in [5.41, 5.74) is 0.888. The van der Waals surface area contributed by atoms with Gasteiger partial charge in [0.25, 0.3) is 5.91 Å². The van der Waals surface area contributed by atoms with Crippen molar-refractivity contribution in [2.75, 3.05) is 11.9 Å². The van der Waals surface area contributed by atoms with Gasteiger partial charge in [0.05, 0.1) is 5.56 Å². The number of anilines is 1. The molecule has 0 radical (unpaired) electrons. The van der Waals surface area contributed by atoms with Crippen molar-refractivity contribution in [2.24, 2.45) is 11.8 Å². The lowest BCUT2D eigenvalue weighted by molar-refractivity contribution is -0.151. The van der Waals surface area contributed by atoms with Crippen molar-refractivity contribution in [3.63, 3.8) is 0 Å². The van der Waals surface area contributed by atoms with Crippen LogP contribution in [0.4, 0.5) is 10.5 Å². The number of benzene rings is 2. The highest BCUT2D eigenvalue weighted by Gasteiger charge is 2.48. The molecule has 0 aromatic heterocycles. The number of alkyl carbamates (subject to hydrolysis) is 1. The van der Waals surface area contributed by atoms with Gasteiger partial charge in [0.15, 0.2) is 0 Å². The number of carbonyl (C=O) groups excluding carboxylic acids is 4. The normalized spacial score (nSPS) is 21.1. The molecule has 0 saturated heterocycles. The Morgan fingerprint density at radius 1 is 0.891 bits per heavy atom. The number of amides is 3. The minimum Gasteiger partial charge on any atom is -0.456 e. The molecule has 1 heterocycles. The third-order valence-corrected chi connectivity index (χ3v) is 9.12. The predicted octanol–water partition coefficient (Wildman–Crippen LogP) is 7.58. The molecule has 0 bridgehead atoms. The number of ether oxygens (including phenoxy) is 2. The van der Waals surface area contributed by atoms with Crippen LogP contribution in [0.15, 0.2) is 46.9 Å². The van der Waals surface area contributed by atoms with Gasteiger partial charge in [-0.15, -0.1) is 0 Å². The van der Waals surface area contributed by atoms with Crippen molar-refractivity contribution in [2.45, 2.75) is 110 Å². The highest BCUT2D eigenvalue weighted by Crippen LogP contribution is 2.44. The van der Waals surface area contributed by atoms with Crippen LogP contribution in [0.3, 0.4) is 0 Å². The Labute approximate surface area is 281 Å². The van der Waals surface area contributed by atoms with E-state index in [0.717, 1.165) is 28.4 Å². The average Bonchev–Trinajstić information content (AvgIpc) is 2.94. The Morgan fingerprint density at radius 2 is 1.50 bits per heavy atom. The van der Waals surface area contributed by atoms with Gasteiger partial charge in [-0.2, -0.15) is 0 Å². The average molecular weight is 699 g/mol. The molecule has 3 amide bonds. The number of nitrogens with zero attached hydrogens (tertiary/aromatic N) is 1. The fraction of sp³-hybridized carbons (Fsp3) is 0.556. The van der Waals surface area contributed by atoms with Gasteiger partial charge in [-0.05, 0) is 135 Å². The van der Waals surface area contributed by atoms with Gasteiger partial charge in [0.2, 0.25) is 5.91 Å². The molecule has 10 heteroatoms. The molecular formula is C36H48BrN3O6. The summed E-state index contributed by atoms with van der Waals surface area (Å²) in [5.74, 6) is -0.764. The van der Waals surface area contributed by atoms with Crippen LogP contribution in [0.5, 0.6) is 0 Å². The monoisotopic (exact) mass is 697 g/mol. The van der Waals surface area contributed by atoms with Gasteiger partial charge >= 0.3 is 12.1 Å². The van der Waals surface area contributed by atoms with Crippen LogP contribution in [0.1, 0.15) is 109 Å². The van der Waals surface area contributed by atoms with Crippen molar-refractivity contribution in [3.8, 4) is 0 Å². The highest BCUT2D eigenvalue weighted by molar-refractivity contribution is 9.10. The minimum atomic E-state index is -0.846. The predicted molar refractivity (Wildman–Crippen MR) is 181 cm³/mol. The summed E-state index contributed by atoms with van der Waals surface area (Å²) in [4.78, 5) is 55.0. The molecule has 9 nitrogen and oxygen atoms in total. The molecule has 2 aliphatic rings. The molecule has 1 atom stereocenters. The summed E-state index contributed by atoms with van der Waals surface area (Å²) in [5, 5.41) is 5.88. The number of halogens is 1. The topological polar surface area (TPSA) is 114 Å². The molecule has 2 N–H and O–H groups in total. The molecule has 1 fully saturated rings. The van der Waals surface area contributed by atoms with Crippen LogP contribution < -0.4 is 10.6 Å². The second-order valence-corrected chi connectivity index (χ2v) is 15.9. The van der Waals surface area contributed by atoms with Crippen molar-refractivity contribution < 1.29 is 28.7 Å². The number of fused-ring (bicyclic) bond motifs is 1. The first kappa shape index (κ1) is 35.5. The third-order valence-electron chi connectivity index (χ3n) is 8.37. The molecule has 1 unspecified atom stereocenters. The van der Waals surface area contributed by atoms with Crippen LogP contribution in [-0.2, 0) is 25.5 Å². The molecule has 2 aromatic carbocycles. The SMILES string of the molecule is CC(C)(C)OC(=O)NCC1CCC(C(=O)N2C(C(=O)Nc3ccc(C(=O)OC(C)(C)C)cc3)c3cccc(Br)c3CC2(C)C)CC1. The van der Waals surface area contributed by atoms with E-state index in [1.807, 2.05) is 73.6 Å². The van der Waals surface area contributed by atoms with Crippen LogP contribution in [-0.4, -0.2) is 52.1 Å². The van der Waals surface area contributed by atoms with E-state index in [1.165, 1.54) is 0 Å². The molecule has 2 aromatic rings. The van der Waals surface area contributed by atoms with E-state index >= 15 is 0 Å². The van der Waals surface area contributed by atoms with Crippen LogP contribution in [0.25, 0.3) is 0 Å². The van der Waals surface area contributed by atoms with Crippen molar-refractivity contribution in [1.29, 1.82) is 0 Å². The Bertz CT molecular complexity index is 1450. The summed E-state index contributed by atoms with van der Waals surface area (Å²) >= 11 is 3.68. The Hall–Kier alpha value is -3.40. The number of rotatable bonds is 6. The zero-order chi connectivity index (χ0) is 34.0. The number of carbonyl (C=O) groups is 4. The maximum Gasteiger partial charge on any atom is 0.407 e. The number of esters is 1. The van der Waals surface area contributed by atoms with E-state index in [2.05, 4.69) is 26.6 Å². The molecule has 1 saturated carbocycles. The molecule has 1 aliphatic heterocycles. The van der Waals surface area contributed by atoms with E-state index in [1.54, 1.807) is 29.2 Å². The molecule has 250 valence electrons. The first-order chi connectivity index (χ1) is 21.3. The Morgan fingerprint density at radius 3 is 2.09 bits per heavy atom. The second kappa shape index (κ2) is 13.8. The lowest BCUT2D eigenvalue weighted by atomic mass is 9.77. The van der Waals surface area contributed by atoms with Gasteiger partial charge in [0.1, 0.15) is 17.2 Å². The molecule has 0 spiro atoms. The fourth-order valence-corrected chi connectivity index (χ4v) is 6.82. The van der Waals surface area contributed by atoms with Gasteiger partial charge in [-0.1, -0.05) is 28.1 Å². The summed E-state index contributed by atoms with van der Waals surface area (Å²) in [6.07, 6.45) is 3.11. The Kier molecular flexibility index (Phi) is 10.6. The van der Waals surface area contributed by atoms with Gasteiger partial charge in [-0.25, -0.2) is 9.59 Å². The zero-order valence-electron chi connectivity index (χ0n) is 28.3. The molecule has 4 rings (SSSR count). The van der Waals surface area contributed by atoms with E-state index in [4.69, 9.17) is 9.47 Å². The zero-order valence-corrected chi connectivity index (χ0v) is 29.9. The molecular weight excluding hydrogens is 650 g/mol. The first-order valence-corrected chi connectivity index (χ1v) is 16.9. The van der Waals surface area contributed by atoms with Crippen LogP contribution in [0.2, 0.25) is 0 Å². The summed E-state index contributed by atoms with van der Waals surface area (Å²) in [6.45, 7) is 15.5. The number of hydrogen-bond acceptors (Lipinski definition) is 6. The standard InChI is InChI=1S/C36H48BrN3O6/c1-34(2,3)45-32(43)24-16-18-25(19-17-24)39-30(41)29-26-10-9-11-28(37)27(26)20-36(7,8)40(29)31(42)23-14-12-22(13-15-23)21-38-33(44)46-35(4,5)6/h9-11,16-19,22-23,29H,12-15,20-21H2,1-8H3,(H,38,44)(H,39,41). The number of nitrogens with one attached hydrogen (secondary N) is 2. The summed E-state index contributed by atoms with van der Waals surface area (Å²) in [6, 6.07) is 11.5. The van der Waals surface area contributed by atoms with E-state index in [-0.39, 0.29) is 23.7 Å². The maximum absolute atomic E-state index is 14.4. The summed E-state index contributed by atoms with van der Waals surface area (Å²) < 4.78 is 11.7. The van der Waals surface area contributed by atoms with Gasteiger partial charge < -0.3 is 25.0 Å². The smallest absolute Gasteiger partial charge is 0.407 e. The number of hydrogen-bond donors (Lipinski definition) is 2. The van der Waals surface area contributed by atoms with Gasteiger partial charge in [-0.3, -0.25) is 9.59 Å². The fourth-order valence-electron chi connectivity index (χ4n) is 6.30. The quantitative estimate of drug-likeness (QED) is 0.301. The summed E-state index contributed by atoms with van der Waals surface area (Å²) in [7, 11) is 0. The third kappa shape index (κ3) is 8.90. The minimum absolute atomic E-state index is 0.0328. The lowest BCUT2D eigenvalue weighted by Gasteiger charge is -2.49. The van der Waals surface area contributed by atoms with Crippen molar-refractivity contribution in [1.82, 2.24) is 10.2 Å². The van der Waals surface area contributed by atoms with E-state index in [0.29, 0.717) is 37.1 Å². The van der Waals surface area contributed by atoms with Crippen molar-refractivity contribution in [3.05, 3.63) is 63.6 Å². The Balaban J connectivity index is 1.52. The lowest BCUT2D eigenvalue weighted by Crippen LogP contribution is -2.58. The highest BCUT2D eigenvalue weighted by atomic mass is 79.9. The maximum atomic E-state index is 14.4. The van der Waals surface area contributed by atoms with E-state index in [9.17, 15) is 19.2 Å². The van der Waals surface area contributed by atoms with Crippen molar-refractivity contribution >= 4 is 45.5 Å².